The van der Waals surface area contributed by atoms with E-state index in [1.807, 2.05) is 7.05 Å². The summed E-state index contributed by atoms with van der Waals surface area (Å²) in [5.41, 5.74) is 0.365. The molecule has 1 atom stereocenters. The molecule has 0 aliphatic carbocycles. The van der Waals surface area contributed by atoms with Crippen molar-refractivity contribution in [2.24, 2.45) is 0 Å². The minimum atomic E-state index is 0.103. The second-order valence-electron chi connectivity index (χ2n) is 13.7. The van der Waals surface area contributed by atoms with Gasteiger partial charge in [0.2, 0.25) is 17.8 Å². The lowest BCUT2D eigenvalue weighted by molar-refractivity contribution is -0.0129. The molecule has 0 radical (unpaired) electrons. The van der Waals surface area contributed by atoms with Crippen LogP contribution in [0, 0.1) is 0 Å². The highest BCUT2D eigenvalue weighted by Gasteiger charge is 2.45. The average Bonchev–Trinajstić information content (AvgIpc) is 2.84. The second kappa shape index (κ2) is 12.2. The van der Waals surface area contributed by atoms with E-state index in [1.165, 1.54) is 0 Å². The summed E-state index contributed by atoms with van der Waals surface area (Å²) in [5, 5.41) is 3.27. The van der Waals surface area contributed by atoms with Crippen molar-refractivity contribution in [2.75, 3.05) is 55.9 Å². The third kappa shape index (κ3) is 6.90. The van der Waals surface area contributed by atoms with Crippen molar-refractivity contribution in [3.8, 4) is 0 Å². The summed E-state index contributed by atoms with van der Waals surface area (Å²) >= 11 is 0. The van der Waals surface area contributed by atoms with Gasteiger partial charge < -0.3 is 20.0 Å². The van der Waals surface area contributed by atoms with Crippen LogP contribution in [0.5, 0.6) is 0 Å². The van der Waals surface area contributed by atoms with Gasteiger partial charge in [0, 0.05) is 55.4 Å². The minimum Gasteiger partial charge on any atom is -0.357 e. The first kappa shape index (κ1) is 30.9. The Bertz CT molecular complexity index is 880. The van der Waals surface area contributed by atoms with Crippen LogP contribution in [0.15, 0.2) is 0 Å². The lowest BCUT2D eigenvalue weighted by Gasteiger charge is -2.55. The van der Waals surface area contributed by atoms with E-state index >= 15 is 0 Å². The number of hydrogen-bond donors (Lipinski definition) is 1. The maximum Gasteiger partial charge on any atom is 0.232 e. The molecular weight excluding hydrogens is 472 g/mol. The monoisotopic (exact) mass is 530 g/mol. The quantitative estimate of drug-likeness (QED) is 0.394. The standard InChI is InChI=1S/C30H58N8/c1-12-14-17-37(23-16-19-35(10)28(3,4)20-23)26-32-25(31-9)33-27(34-26)38(18-15-13-2)24-21-29(5,6)36(11)30(7,8)22-24/h23-24H,12-22H2,1-11H3,(H,31,32,33,34). The van der Waals surface area contributed by atoms with E-state index in [-0.39, 0.29) is 16.6 Å². The molecule has 8 heteroatoms. The van der Waals surface area contributed by atoms with Gasteiger partial charge in [-0.3, -0.25) is 4.90 Å². The van der Waals surface area contributed by atoms with Gasteiger partial charge in [-0.05, 0) is 94.2 Å². The Morgan fingerprint density at radius 3 is 1.68 bits per heavy atom. The van der Waals surface area contributed by atoms with Crippen LogP contribution in [0.1, 0.15) is 107 Å². The number of aromatic nitrogens is 3. The van der Waals surface area contributed by atoms with Crippen LogP contribution in [0.4, 0.5) is 17.8 Å². The van der Waals surface area contributed by atoms with Gasteiger partial charge in [-0.25, -0.2) is 0 Å². The fourth-order valence-corrected chi connectivity index (χ4v) is 6.56. The zero-order chi connectivity index (χ0) is 28.3. The molecule has 1 unspecified atom stereocenters. The Morgan fingerprint density at radius 2 is 1.24 bits per heavy atom. The Morgan fingerprint density at radius 1 is 0.763 bits per heavy atom. The first-order chi connectivity index (χ1) is 17.8. The molecule has 8 nitrogen and oxygen atoms in total. The Hall–Kier alpha value is -1.67. The van der Waals surface area contributed by atoms with E-state index in [0.29, 0.717) is 18.0 Å². The van der Waals surface area contributed by atoms with Crippen LogP contribution in [0.3, 0.4) is 0 Å². The smallest absolute Gasteiger partial charge is 0.232 e. The van der Waals surface area contributed by atoms with Crippen molar-refractivity contribution in [1.82, 2.24) is 24.8 Å². The molecule has 1 aromatic heterocycles. The normalized spacial score (nSPS) is 23.8. The number of likely N-dealkylation sites (tertiary alicyclic amines) is 2. The van der Waals surface area contributed by atoms with E-state index in [4.69, 9.17) is 15.0 Å². The lowest BCUT2D eigenvalue weighted by atomic mass is 9.77. The average molecular weight is 531 g/mol. The maximum absolute atomic E-state index is 5.28. The zero-order valence-electron chi connectivity index (χ0n) is 26.6. The van der Waals surface area contributed by atoms with E-state index < -0.39 is 0 Å². The predicted molar refractivity (Wildman–Crippen MR) is 163 cm³/mol. The van der Waals surface area contributed by atoms with Crippen molar-refractivity contribution >= 4 is 17.8 Å². The molecule has 1 aromatic rings. The van der Waals surface area contributed by atoms with Crippen molar-refractivity contribution in [3.63, 3.8) is 0 Å². The van der Waals surface area contributed by atoms with Gasteiger partial charge in [0.1, 0.15) is 0 Å². The molecule has 0 bridgehead atoms. The van der Waals surface area contributed by atoms with Crippen LogP contribution >= 0.6 is 0 Å². The molecule has 38 heavy (non-hydrogen) atoms. The first-order valence-corrected chi connectivity index (χ1v) is 15.2. The molecule has 2 aliphatic rings. The number of unbranched alkanes of at least 4 members (excludes halogenated alkanes) is 2. The third-order valence-corrected chi connectivity index (χ3v) is 9.59. The summed E-state index contributed by atoms with van der Waals surface area (Å²) in [6, 6.07) is 0.812. The molecule has 2 fully saturated rings. The molecule has 218 valence electrons. The van der Waals surface area contributed by atoms with Crippen molar-refractivity contribution in [1.29, 1.82) is 0 Å². The van der Waals surface area contributed by atoms with Crippen molar-refractivity contribution in [2.45, 2.75) is 135 Å². The van der Waals surface area contributed by atoms with E-state index in [1.54, 1.807) is 0 Å². The van der Waals surface area contributed by atoms with Crippen LogP contribution in [0.25, 0.3) is 0 Å². The summed E-state index contributed by atoms with van der Waals surface area (Å²) in [6.07, 6.45) is 9.01. The first-order valence-electron chi connectivity index (χ1n) is 15.2. The Labute approximate surface area is 234 Å². The number of rotatable bonds is 11. The van der Waals surface area contributed by atoms with Gasteiger partial charge in [-0.15, -0.1) is 0 Å². The molecule has 0 saturated carbocycles. The van der Waals surface area contributed by atoms with Gasteiger partial charge in [0.25, 0.3) is 0 Å². The van der Waals surface area contributed by atoms with Crippen LogP contribution < -0.4 is 15.1 Å². The topological polar surface area (TPSA) is 63.7 Å². The lowest BCUT2D eigenvalue weighted by Crippen LogP contribution is -2.63. The van der Waals surface area contributed by atoms with Gasteiger partial charge in [0.05, 0.1) is 0 Å². The van der Waals surface area contributed by atoms with Gasteiger partial charge in [-0.1, -0.05) is 26.7 Å². The number of hydrogen-bond acceptors (Lipinski definition) is 8. The summed E-state index contributed by atoms with van der Waals surface area (Å²) in [6.45, 7) is 21.8. The molecule has 2 aliphatic heterocycles. The second-order valence-corrected chi connectivity index (χ2v) is 13.7. The minimum absolute atomic E-state index is 0.103. The fraction of sp³-hybridized carbons (Fsp3) is 0.900. The predicted octanol–water partition coefficient (Wildman–Crippen LogP) is 5.65. The van der Waals surface area contributed by atoms with Gasteiger partial charge in [-0.2, -0.15) is 15.0 Å². The van der Waals surface area contributed by atoms with E-state index in [9.17, 15) is 0 Å². The third-order valence-electron chi connectivity index (χ3n) is 9.59. The summed E-state index contributed by atoms with van der Waals surface area (Å²) in [5.74, 6) is 2.35. The molecule has 0 aromatic carbocycles. The molecule has 1 N–H and O–H groups in total. The molecule has 3 heterocycles. The highest BCUT2D eigenvalue weighted by atomic mass is 15.4. The highest BCUT2D eigenvalue weighted by molar-refractivity contribution is 5.47. The van der Waals surface area contributed by atoms with Gasteiger partial charge >= 0.3 is 0 Å². The van der Waals surface area contributed by atoms with Crippen LogP contribution in [0.2, 0.25) is 0 Å². The molecular formula is C30H58N8. The zero-order valence-corrected chi connectivity index (χ0v) is 26.6. The largest absolute Gasteiger partial charge is 0.357 e. The molecule has 3 rings (SSSR count). The molecule has 2 saturated heterocycles. The maximum atomic E-state index is 5.28. The highest BCUT2D eigenvalue weighted by Crippen LogP contribution is 2.40. The van der Waals surface area contributed by atoms with Crippen molar-refractivity contribution < 1.29 is 0 Å². The molecule has 0 amide bonds. The van der Waals surface area contributed by atoms with E-state index in [2.05, 4.69) is 94.4 Å². The SMILES string of the molecule is CCCCN(c1nc(NC)nc(N(CCCC)C2CC(C)(C)N(C)C(C)(C)C2)n1)C1CCN(C)C(C)(C)C1. The Kier molecular flexibility index (Phi) is 9.94. The number of anilines is 3. The Balaban J connectivity index is 2.03. The fourth-order valence-electron chi connectivity index (χ4n) is 6.56. The van der Waals surface area contributed by atoms with Crippen molar-refractivity contribution in [3.05, 3.63) is 0 Å². The summed E-state index contributed by atoms with van der Waals surface area (Å²) in [7, 11) is 6.46. The van der Waals surface area contributed by atoms with Crippen LogP contribution in [-0.2, 0) is 0 Å². The summed E-state index contributed by atoms with van der Waals surface area (Å²) < 4.78 is 0. The number of nitrogens with zero attached hydrogens (tertiary/aromatic N) is 7. The summed E-state index contributed by atoms with van der Waals surface area (Å²) in [4.78, 5) is 25.3. The van der Waals surface area contributed by atoms with Crippen LogP contribution in [-0.4, -0.2) is 94.2 Å². The molecule has 0 spiro atoms. The number of piperidine rings is 2. The van der Waals surface area contributed by atoms with E-state index in [0.717, 1.165) is 82.9 Å². The van der Waals surface area contributed by atoms with Gasteiger partial charge in [0.15, 0.2) is 0 Å². The number of nitrogens with one attached hydrogen (secondary N) is 1.